The second-order valence-electron chi connectivity index (χ2n) is 7.04. The fraction of sp³-hybridized carbons (Fsp3) is 0.333. The number of sulfonamides is 1. The Morgan fingerprint density at radius 2 is 1.86 bits per heavy atom. The Bertz CT molecular complexity index is 1210. The van der Waals surface area contributed by atoms with Gasteiger partial charge in [-0.05, 0) is 55.3 Å². The average molecular weight is 432 g/mol. The number of aryl methyl sites for hydroxylation is 2. The van der Waals surface area contributed by atoms with Gasteiger partial charge in [-0.3, -0.25) is 4.79 Å². The summed E-state index contributed by atoms with van der Waals surface area (Å²) in [7, 11) is -0.102. The molecule has 1 heterocycles. The van der Waals surface area contributed by atoms with Gasteiger partial charge in [0.25, 0.3) is 5.91 Å². The third kappa shape index (κ3) is 4.49. The fourth-order valence-corrected chi connectivity index (χ4v) is 5.27. The van der Waals surface area contributed by atoms with Gasteiger partial charge in [0, 0.05) is 26.2 Å². The molecule has 0 saturated carbocycles. The Kier molecular flexibility index (Phi) is 6.36. The molecule has 0 radical (unpaired) electrons. The van der Waals surface area contributed by atoms with Gasteiger partial charge >= 0.3 is 0 Å². The molecule has 154 valence electrons. The van der Waals surface area contributed by atoms with Crippen molar-refractivity contribution in [1.82, 2.24) is 8.87 Å². The minimum atomic E-state index is -3.55. The van der Waals surface area contributed by atoms with E-state index in [2.05, 4.69) is 11.1 Å². The molecule has 3 aromatic rings. The zero-order valence-electron chi connectivity index (χ0n) is 17.0. The smallest absolute Gasteiger partial charge is 0.279 e. The molecule has 6 nitrogen and oxygen atoms in total. The van der Waals surface area contributed by atoms with Crippen LogP contribution < -0.4 is 4.80 Å². The SMILES string of the molecule is CCCCN(C)S(=O)(=O)c1ccc(C(=O)N=c2sc3cc(C)ccc3n2C)cc1. The third-order valence-corrected chi connectivity index (χ3v) is 7.76. The molecule has 0 bridgehead atoms. The van der Waals surface area contributed by atoms with Crippen molar-refractivity contribution in [2.45, 2.75) is 31.6 Å². The van der Waals surface area contributed by atoms with Crippen LogP contribution in [0, 0.1) is 6.92 Å². The predicted molar refractivity (Wildman–Crippen MR) is 117 cm³/mol. The maximum atomic E-state index is 12.6. The van der Waals surface area contributed by atoms with Gasteiger partial charge in [-0.1, -0.05) is 30.7 Å². The number of hydrogen-bond acceptors (Lipinski definition) is 4. The van der Waals surface area contributed by atoms with Gasteiger partial charge in [-0.2, -0.15) is 4.99 Å². The number of aromatic nitrogens is 1. The first kappa shape index (κ1) is 21.4. The lowest BCUT2D eigenvalue weighted by Crippen LogP contribution is -2.27. The Morgan fingerprint density at radius 1 is 1.17 bits per heavy atom. The minimum Gasteiger partial charge on any atom is -0.319 e. The van der Waals surface area contributed by atoms with Gasteiger partial charge in [-0.25, -0.2) is 12.7 Å². The maximum Gasteiger partial charge on any atom is 0.279 e. The van der Waals surface area contributed by atoms with Crippen LogP contribution in [0.5, 0.6) is 0 Å². The lowest BCUT2D eigenvalue weighted by molar-refractivity contribution is 0.0998. The van der Waals surface area contributed by atoms with Crippen molar-refractivity contribution in [1.29, 1.82) is 0 Å². The van der Waals surface area contributed by atoms with Crippen LogP contribution in [0.4, 0.5) is 0 Å². The monoisotopic (exact) mass is 431 g/mol. The quantitative estimate of drug-likeness (QED) is 0.597. The van der Waals surface area contributed by atoms with E-state index >= 15 is 0 Å². The van der Waals surface area contributed by atoms with E-state index in [4.69, 9.17) is 0 Å². The van der Waals surface area contributed by atoms with Gasteiger partial charge in [0.15, 0.2) is 4.80 Å². The summed E-state index contributed by atoms with van der Waals surface area (Å²) in [6, 6.07) is 12.1. The Hall–Kier alpha value is -2.29. The number of amides is 1. The molecule has 0 atom stereocenters. The van der Waals surface area contributed by atoms with E-state index < -0.39 is 15.9 Å². The van der Waals surface area contributed by atoms with Crippen molar-refractivity contribution in [3.05, 3.63) is 58.4 Å². The van der Waals surface area contributed by atoms with Crippen LogP contribution >= 0.6 is 11.3 Å². The first-order valence-corrected chi connectivity index (χ1v) is 11.7. The molecule has 8 heteroatoms. The fourth-order valence-electron chi connectivity index (χ4n) is 2.95. The van der Waals surface area contributed by atoms with E-state index in [0.29, 0.717) is 16.9 Å². The third-order valence-electron chi connectivity index (χ3n) is 4.80. The molecular weight excluding hydrogens is 406 g/mol. The van der Waals surface area contributed by atoms with Crippen molar-refractivity contribution in [3.8, 4) is 0 Å². The van der Waals surface area contributed by atoms with Crippen molar-refractivity contribution >= 4 is 37.5 Å². The molecule has 0 N–H and O–H groups in total. The zero-order valence-corrected chi connectivity index (χ0v) is 18.7. The van der Waals surface area contributed by atoms with Crippen LogP contribution in [0.25, 0.3) is 10.2 Å². The lowest BCUT2D eigenvalue weighted by Gasteiger charge is -2.16. The number of unbranched alkanes of at least 4 members (excludes halogenated alkanes) is 1. The van der Waals surface area contributed by atoms with Crippen LogP contribution in [-0.2, 0) is 17.1 Å². The highest BCUT2D eigenvalue weighted by molar-refractivity contribution is 7.89. The number of carbonyl (C=O) groups is 1. The summed E-state index contributed by atoms with van der Waals surface area (Å²) < 4.78 is 29.5. The van der Waals surface area contributed by atoms with Crippen molar-refractivity contribution in [3.63, 3.8) is 0 Å². The van der Waals surface area contributed by atoms with Crippen molar-refractivity contribution in [2.75, 3.05) is 13.6 Å². The minimum absolute atomic E-state index is 0.176. The van der Waals surface area contributed by atoms with E-state index in [-0.39, 0.29) is 4.90 Å². The van der Waals surface area contributed by atoms with Crippen molar-refractivity contribution < 1.29 is 13.2 Å². The molecule has 0 unspecified atom stereocenters. The molecule has 1 aromatic heterocycles. The van der Waals surface area contributed by atoms with Crippen molar-refractivity contribution in [2.24, 2.45) is 12.0 Å². The molecule has 0 aliphatic carbocycles. The number of hydrogen-bond donors (Lipinski definition) is 0. The highest BCUT2D eigenvalue weighted by Crippen LogP contribution is 2.19. The second kappa shape index (κ2) is 8.61. The largest absolute Gasteiger partial charge is 0.319 e. The van der Waals surface area contributed by atoms with Gasteiger partial charge in [-0.15, -0.1) is 0 Å². The summed E-state index contributed by atoms with van der Waals surface area (Å²) in [6.07, 6.45) is 1.72. The maximum absolute atomic E-state index is 12.6. The molecule has 3 rings (SSSR count). The van der Waals surface area contributed by atoms with E-state index in [1.807, 2.05) is 37.6 Å². The van der Waals surface area contributed by atoms with Gasteiger partial charge < -0.3 is 4.57 Å². The molecule has 0 aliphatic rings. The first-order chi connectivity index (χ1) is 13.7. The van der Waals surface area contributed by atoms with E-state index in [1.54, 1.807) is 7.05 Å². The molecule has 0 fully saturated rings. The Labute approximate surface area is 175 Å². The molecule has 0 aliphatic heterocycles. The number of fused-ring (bicyclic) bond motifs is 1. The molecule has 0 saturated heterocycles. The summed E-state index contributed by atoms with van der Waals surface area (Å²) in [5.74, 6) is -0.396. The molecule has 2 aromatic carbocycles. The number of carbonyl (C=O) groups excluding carboxylic acids is 1. The van der Waals surface area contributed by atoms with Crippen LogP contribution in [-0.4, -0.2) is 36.8 Å². The zero-order chi connectivity index (χ0) is 21.2. The highest BCUT2D eigenvalue weighted by Gasteiger charge is 2.20. The first-order valence-electron chi connectivity index (χ1n) is 9.45. The molecule has 1 amide bonds. The van der Waals surface area contributed by atoms with Crippen LogP contribution in [0.3, 0.4) is 0 Å². The van der Waals surface area contributed by atoms with Gasteiger partial charge in [0.05, 0.1) is 15.1 Å². The van der Waals surface area contributed by atoms with E-state index in [0.717, 1.165) is 28.6 Å². The summed E-state index contributed by atoms with van der Waals surface area (Å²) in [6.45, 7) is 4.51. The Balaban J connectivity index is 1.88. The van der Waals surface area contributed by atoms with Crippen LogP contribution in [0.1, 0.15) is 35.7 Å². The highest BCUT2D eigenvalue weighted by atomic mass is 32.2. The summed E-state index contributed by atoms with van der Waals surface area (Å²) in [5, 5.41) is 0. The van der Waals surface area contributed by atoms with Crippen LogP contribution in [0.2, 0.25) is 0 Å². The normalized spacial score (nSPS) is 12.8. The number of nitrogens with zero attached hydrogens (tertiary/aromatic N) is 3. The van der Waals surface area contributed by atoms with Gasteiger partial charge in [0.1, 0.15) is 0 Å². The topological polar surface area (TPSA) is 71.7 Å². The molecule has 0 spiro atoms. The van der Waals surface area contributed by atoms with E-state index in [1.165, 1.54) is 39.9 Å². The summed E-state index contributed by atoms with van der Waals surface area (Å²) >= 11 is 1.45. The van der Waals surface area contributed by atoms with Gasteiger partial charge in [0.2, 0.25) is 10.0 Å². The predicted octanol–water partition coefficient (Wildman–Crippen LogP) is 3.71. The number of rotatable bonds is 6. The molecular formula is C21H25N3O3S2. The van der Waals surface area contributed by atoms with E-state index in [9.17, 15) is 13.2 Å². The lowest BCUT2D eigenvalue weighted by atomic mass is 10.2. The average Bonchev–Trinajstić information content (AvgIpc) is 3.00. The van der Waals surface area contributed by atoms with Crippen LogP contribution in [0.15, 0.2) is 52.4 Å². The summed E-state index contributed by atoms with van der Waals surface area (Å²) in [4.78, 5) is 17.6. The standard InChI is InChI=1S/C21H25N3O3S2/c1-5-6-13-23(3)29(26,27)17-10-8-16(9-11-17)20(25)22-21-24(4)18-12-7-15(2)14-19(18)28-21/h7-12,14H,5-6,13H2,1-4H3. The second-order valence-corrected chi connectivity index (χ2v) is 10.1. The summed E-state index contributed by atoms with van der Waals surface area (Å²) in [5.41, 5.74) is 2.52. The number of benzene rings is 2. The number of thiazole rings is 1. The molecule has 29 heavy (non-hydrogen) atoms. The Morgan fingerprint density at radius 3 is 2.52 bits per heavy atom.